The number of aromatic nitrogens is 4. The number of carbonyl (C=O) groups excluding carboxylic acids is 1. The van der Waals surface area contributed by atoms with Crippen molar-refractivity contribution in [1.29, 1.82) is 0 Å². The van der Waals surface area contributed by atoms with Crippen LogP contribution in [0.3, 0.4) is 0 Å². The Hall–Kier alpha value is -3.94. The molecule has 0 radical (unpaired) electrons. The Morgan fingerprint density at radius 3 is 2.43 bits per heavy atom. The van der Waals surface area contributed by atoms with Crippen LogP contribution in [0.25, 0.3) is 16.9 Å². The molecule has 8 nitrogen and oxygen atoms in total. The summed E-state index contributed by atoms with van der Waals surface area (Å²) in [6, 6.07) is 14.6. The first-order valence-electron chi connectivity index (χ1n) is 11.9. The molecule has 0 amide bonds. The van der Waals surface area contributed by atoms with Crippen LogP contribution in [0.15, 0.2) is 64.4 Å². The molecule has 0 unspecified atom stereocenters. The minimum atomic E-state index is -0.401. The molecule has 35 heavy (non-hydrogen) atoms. The van der Waals surface area contributed by atoms with Gasteiger partial charge in [0.15, 0.2) is 11.2 Å². The van der Waals surface area contributed by atoms with E-state index in [4.69, 9.17) is 4.74 Å². The molecule has 2 aromatic carbocycles. The average molecular weight is 473 g/mol. The van der Waals surface area contributed by atoms with Crippen molar-refractivity contribution >= 4 is 17.1 Å². The van der Waals surface area contributed by atoms with Crippen LogP contribution >= 0.6 is 0 Å². The van der Waals surface area contributed by atoms with Gasteiger partial charge in [0.05, 0.1) is 24.7 Å². The van der Waals surface area contributed by atoms with Crippen molar-refractivity contribution in [2.45, 2.75) is 51.6 Å². The molecule has 1 aliphatic carbocycles. The minimum absolute atomic E-state index is 0.119. The van der Waals surface area contributed by atoms with Crippen molar-refractivity contribution in [2.24, 2.45) is 0 Å². The van der Waals surface area contributed by atoms with Gasteiger partial charge in [-0.25, -0.2) is 19.1 Å². The fourth-order valence-electron chi connectivity index (χ4n) is 5.03. The van der Waals surface area contributed by atoms with Gasteiger partial charge in [0, 0.05) is 12.6 Å². The second kappa shape index (κ2) is 9.37. The van der Waals surface area contributed by atoms with Crippen LogP contribution in [-0.4, -0.2) is 31.8 Å². The monoisotopic (exact) mass is 472 g/mol. The highest BCUT2D eigenvalue weighted by molar-refractivity contribution is 5.89. The Balaban J connectivity index is 1.69. The van der Waals surface area contributed by atoms with Gasteiger partial charge in [-0.1, -0.05) is 49.6 Å². The molecule has 1 fully saturated rings. The number of nitrogens with zero attached hydrogens (tertiary/aromatic N) is 4. The van der Waals surface area contributed by atoms with Crippen molar-refractivity contribution < 1.29 is 9.53 Å². The van der Waals surface area contributed by atoms with Gasteiger partial charge >= 0.3 is 11.7 Å². The van der Waals surface area contributed by atoms with Crippen LogP contribution < -0.4 is 11.2 Å². The minimum Gasteiger partial charge on any atom is -0.465 e. The molecule has 0 bridgehead atoms. The van der Waals surface area contributed by atoms with E-state index in [1.165, 1.54) is 11.7 Å². The fraction of sp³-hybridized carbons (Fsp3) is 0.333. The summed E-state index contributed by atoms with van der Waals surface area (Å²) in [7, 11) is 1.35. The third-order valence-electron chi connectivity index (χ3n) is 6.87. The number of methoxy groups -OCH3 is 1. The number of aryl methyl sites for hydroxylation is 1. The number of hydrogen-bond donors (Lipinski definition) is 0. The van der Waals surface area contributed by atoms with Crippen molar-refractivity contribution in [1.82, 2.24) is 18.7 Å². The molecule has 1 saturated carbocycles. The lowest BCUT2D eigenvalue weighted by molar-refractivity contribution is 0.0600. The highest BCUT2D eigenvalue weighted by Gasteiger charge is 2.25. The van der Waals surface area contributed by atoms with Crippen molar-refractivity contribution in [3.63, 3.8) is 0 Å². The van der Waals surface area contributed by atoms with E-state index in [2.05, 4.69) is 4.98 Å². The van der Waals surface area contributed by atoms with E-state index < -0.39 is 5.97 Å². The Labute approximate surface area is 202 Å². The first-order valence-corrected chi connectivity index (χ1v) is 11.9. The SMILES string of the molecule is COC(=O)c1ccc(Cn2cnc3c2c(=O)n(C2CCCCC2)c(=O)n3-c2ccccc2C)cc1. The van der Waals surface area contributed by atoms with Gasteiger partial charge in [-0.05, 0) is 49.1 Å². The first kappa shape index (κ1) is 22.8. The number of para-hydroxylation sites is 1. The molecular formula is C27H28N4O4. The highest BCUT2D eigenvalue weighted by Crippen LogP contribution is 2.27. The van der Waals surface area contributed by atoms with Gasteiger partial charge in [0.25, 0.3) is 5.56 Å². The number of imidazole rings is 1. The number of rotatable bonds is 5. The summed E-state index contributed by atoms with van der Waals surface area (Å²) in [6.07, 6.45) is 6.38. The van der Waals surface area contributed by atoms with Gasteiger partial charge in [0.2, 0.25) is 0 Å². The molecular weight excluding hydrogens is 444 g/mol. The third-order valence-corrected chi connectivity index (χ3v) is 6.87. The summed E-state index contributed by atoms with van der Waals surface area (Å²) in [4.78, 5) is 43.9. The molecule has 4 aromatic rings. The molecule has 0 N–H and O–H groups in total. The van der Waals surface area contributed by atoms with Gasteiger partial charge < -0.3 is 9.30 Å². The number of benzene rings is 2. The summed E-state index contributed by atoms with van der Waals surface area (Å²) >= 11 is 0. The number of carbonyl (C=O) groups is 1. The highest BCUT2D eigenvalue weighted by atomic mass is 16.5. The topological polar surface area (TPSA) is 88.1 Å². The molecule has 8 heteroatoms. The van der Waals surface area contributed by atoms with Crippen LogP contribution in [0.4, 0.5) is 0 Å². The lowest BCUT2D eigenvalue weighted by Crippen LogP contribution is -2.43. The molecule has 0 saturated heterocycles. The van der Waals surface area contributed by atoms with Gasteiger partial charge in [-0.15, -0.1) is 0 Å². The molecule has 5 rings (SSSR count). The van der Waals surface area contributed by atoms with Crippen LogP contribution in [-0.2, 0) is 11.3 Å². The molecule has 0 spiro atoms. The van der Waals surface area contributed by atoms with E-state index in [0.717, 1.165) is 48.9 Å². The summed E-state index contributed by atoms with van der Waals surface area (Å²) in [5.41, 5.74) is 3.12. The summed E-state index contributed by atoms with van der Waals surface area (Å²) in [5, 5.41) is 0. The van der Waals surface area contributed by atoms with Gasteiger partial charge in [-0.3, -0.25) is 9.36 Å². The Morgan fingerprint density at radius 1 is 1.03 bits per heavy atom. The Morgan fingerprint density at radius 2 is 1.74 bits per heavy atom. The van der Waals surface area contributed by atoms with E-state index in [-0.39, 0.29) is 17.3 Å². The maximum absolute atomic E-state index is 13.8. The van der Waals surface area contributed by atoms with E-state index in [9.17, 15) is 14.4 Å². The van der Waals surface area contributed by atoms with Crippen LogP contribution in [0.1, 0.15) is 59.6 Å². The Kier molecular flexibility index (Phi) is 6.11. The van der Waals surface area contributed by atoms with E-state index in [0.29, 0.717) is 23.3 Å². The Bertz CT molecular complexity index is 1510. The number of hydrogen-bond acceptors (Lipinski definition) is 5. The molecule has 2 aromatic heterocycles. The van der Waals surface area contributed by atoms with Crippen LogP contribution in [0, 0.1) is 6.92 Å². The summed E-state index contributed by atoms with van der Waals surface area (Å²) in [5.74, 6) is -0.401. The number of esters is 1. The molecule has 0 aliphatic heterocycles. The smallest absolute Gasteiger partial charge is 0.337 e. The van der Waals surface area contributed by atoms with Gasteiger partial charge in [-0.2, -0.15) is 0 Å². The summed E-state index contributed by atoms with van der Waals surface area (Å²) in [6.45, 7) is 2.33. The van der Waals surface area contributed by atoms with Crippen LogP contribution in [0.2, 0.25) is 0 Å². The quantitative estimate of drug-likeness (QED) is 0.410. The zero-order chi connectivity index (χ0) is 24.5. The standard InChI is InChI=1S/C27H28N4O4/c1-18-8-6-7-11-22(18)31-24-23(25(32)30(27(31)34)21-9-4-3-5-10-21)29(17-28-24)16-19-12-14-20(15-13-19)26(33)35-2/h6-8,11-15,17,21H,3-5,9-10,16H2,1-2H3. The number of fused-ring (bicyclic) bond motifs is 1. The third kappa shape index (κ3) is 4.09. The molecule has 0 atom stereocenters. The van der Waals surface area contributed by atoms with E-state index in [1.54, 1.807) is 27.6 Å². The summed E-state index contributed by atoms with van der Waals surface area (Å²) < 4.78 is 9.59. The predicted octanol–water partition coefficient (Wildman–Crippen LogP) is 4.00. The second-order valence-electron chi connectivity index (χ2n) is 9.10. The van der Waals surface area contributed by atoms with Crippen molar-refractivity contribution in [3.05, 3.63) is 92.4 Å². The fourth-order valence-corrected chi connectivity index (χ4v) is 5.03. The average Bonchev–Trinajstić information content (AvgIpc) is 3.29. The molecule has 1 aliphatic rings. The molecule has 2 heterocycles. The largest absolute Gasteiger partial charge is 0.465 e. The predicted molar refractivity (Wildman–Crippen MR) is 133 cm³/mol. The lowest BCUT2D eigenvalue weighted by atomic mass is 9.95. The first-order chi connectivity index (χ1) is 17.0. The molecule has 180 valence electrons. The zero-order valence-electron chi connectivity index (χ0n) is 19.9. The van der Waals surface area contributed by atoms with E-state index in [1.807, 2.05) is 43.3 Å². The zero-order valence-corrected chi connectivity index (χ0v) is 19.9. The normalized spacial score (nSPS) is 14.3. The number of ether oxygens (including phenoxy) is 1. The van der Waals surface area contributed by atoms with E-state index >= 15 is 0 Å². The maximum atomic E-state index is 13.8. The van der Waals surface area contributed by atoms with Crippen molar-refractivity contribution in [2.75, 3.05) is 7.11 Å². The van der Waals surface area contributed by atoms with Crippen LogP contribution in [0.5, 0.6) is 0 Å². The lowest BCUT2D eigenvalue weighted by Gasteiger charge is -2.24. The second-order valence-corrected chi connectivity index (χ2v) is 9.10. The van der Waals surface area contributed by atoms with Crippen molar-refractivity contribution in [3.8, 4) is 5.69 Å². The maximum Gasteiger partial charge on any atom is 0.337 e. The van der Waals surface area contributed by atoms with Gasteiger partial charge in [0.1, 0.15) is 0 Å².